The molecule has 5 heteroatoms. The van der Waals surface area contributed by atoms with Crippen molar-refractivity contribution >= 4 is 0 Å². The second-order valence-corrected chi connectivity index (χ2v) is 0.0816. The molecule has 0 spiro atoms. The van der Waals surface area contributed by atoms with Crippen molar-refractivity contribution in [3.8, 4) is 0 Å². The molecule has 0 aromatic carbocycles. The van der Waals surface area contributed by atoms with Gasteiger partial charge >= 0.3 is 0 Å². The fourth-order valence-corrected chi connectivity index (χ4v) is 0. The van der Waals surface area contributed by atoms with Gasteiger partial charge in [-0.05, 0) is 0 Å². The summed E-state index contributed by atoms with van der Waals surface area (Å²) in [5.74, 6) is 0. The molecule has 0 aliphatic rings. The summed E-state index contributed by atoms with van der Waals surface area (Å²) in [5.41, 5.74) is 0. The summed E-state index contributed by atoms with van der Waals surface area (Å²) in [7, 11) is 0. The van der Waals surface area contributed by atoms with E-state index < -0.39 is 0 Å². The van der Waals surface area contributed by atoms with Crippen LogP contribution in [0.15, 0.2) is 5.34 Å². The Bertz CT molecular complexity index is 15.1. The number of rotatable bonds is 0. The normalized spacial score (nSPS) is 2.40. The predicted molar refractivity (Wildman–Crippen MR) is 12.6 cm³/mol. The molecule has 5 heavy (non-hydrogen) atoms. The zero-order valence-electron chi connectivity index (χ0n) is 2.34. The van der Waals surface area contributed by atoms with Crippen molar-refractivity contribution in [1.29, 1.82) is 0 Å². The van der Waals surface area contributed by atoms with Gasteiger partial charge in [-0.25, -0.2) is 0 Å². The van der Waals surface area contributed by atoms with E-state index in [0.29, 0.717) is 0 Å². The maximum atomic E-state index is 8.11. The van der Waals surface area contributed by atoms with Crippen molar-refractivity contribution < 1.29 is 22.0 Å². The third-order valence-electron chi connectivity index (χ3n) is 0. The molecule has 0 aromatic heterocycles. The fourth-order valence-electron chi connectivity index (χ4n) is 0. The largest absolute Gasteiger partial charge is 0.379 e. The number of hydrogen-bond donors (Lipinski definition) is 2. The van der Waals surface area contributed by atoms with Gasteiger partial charge in [0.05, 0.1) is 0 Å². The van der Waals surface area contributed by atoms with Crippen molar-refractivity contribution in [2.45, 2.75) is 0 Å². The second kappa shape index (κ2) is 42.3. The van der Waals surface area contributed by atoms with Gasteiger partial charge in [0.15, 0.2) is 5.34 Å². The first-order valence-corrected chi connectivity index (χ1v) is 0.383. The standard InChI is InChI=1S/Co.HNO2.H3N/c;2-1-3;/h;(H,2,3);1H3. The minimum absolute atomic E-state index is 0. The van der Waals surface area contributed by atoms with Gasteiger partial charge in [-0.1, -0.05) is 0 Å². The molecule has 4 N–H and O–H groups in total. The monoisotopic (exact) mass is 123 g/mol. The Balaban J connectivity index is -0.0000000200. The molecule has 0 saturated carbocycles. The molecule has 35 valence electrons. The van der Waals surface area contributed by atoms with Crippen molar-refractivity contribution in [2.75, 3.05) is 0 Å². The SMILES string of the molecule is N.O=NO.[Co]. The van der Waals surface area contributed by atoms with Gasteiger partial charge < -0.3 is 11.4 Å². The van der Waals surface area contributed by atoms with E-state index in [1.165, 1.54) is 5.34 Å². The van der Waals surface area contributed by atoms with Crippen LogP contribution in [0.5, 0.6) is 0 Å². The van der Waals surface area contributed by atoms with Gasteiger partial charge in [-0.15, -0.1) is 4.91 Å². The smallest absolute Gasteiger partial charge is 0.152 e. The van der Waals surface area contributed by atoms with Crippen LogP contribution in [0.25, 0.3) is 0 Å². The molecular weight excluding hydrogens is 119 g/mol. The molecule has 0 aliphatic carbocycles. The molecular formula is H4CoN2O2. The van der Waals surface area contributed by atoms with E-state index in [1.54, 1.807) is 0 Å². The first-order valence-electron chi connectivity index (χ1n) is 0.383. The Morgan fingerprint density at radius 3 is 1.60 bits per heavy atom. The van der Waals surface area contributed by atoms with Crippen LogP contribution in [0.3, 0.4) is 0 Å². The molecule has 0 rings (SSSR count). The fraction of sp³-hybridized carbons (Fsp3) is 0. The maximum absolute atomic E-state index is 8.11. The topological polar surface area (TPSA) is 84.7 Å². The zero-order valence-corrected chi connectivity index (χ0v) is 3.38. The van der Waals surface area contributed by atoms with Crippen molar-refractivity contribution in [3.63, 3.8) is 0 Å². The zero-order chi connectivity index (χ0) is 2.71. The van der Waals surface area contributed by atoms with Crippen LogP contribution >= 0.6 is 0 Å². The molecule has 0 heterocycles. The summed E-state index contributed by atoms with van der Waals surface area (Å²) in [5, 5.41) is 7.89. The molecule has 0 saturated heterocycles. The summed E-state index contributed by atoms with van der Waals surface area (Å²) < 4.78 is 0. The van der Waals surface area contributed by atoms with Crippen LogP contribution in [0, 0.1) is 4.91 Å². The van der Waals surface area contributed by atoms with Crippen LogP contribution < -0.4 is 6.15 Å². The van der Waals surface area contributed by atoms with Gasteiger partial charge in [-0.3, -0.25) is 0 Å². The molecule has 0 fully saturated rings. The molecule has 0 aliphatic heterocycles. The maximum Gasteiger partial charge on any atom is 0.152 e. The van der Waals surface area contributed by atoms with Crippen LogP contribution in [-0.2, 0) is 16.8 Å². The second-order valence-electron chi connectivity index (χ2n) is 0.0816. The van der Waals surface area contributed by atoms with Crippen molar-refractivity contribution in [1.82, 2.24) is 6.15 Å². The van der Waals surface area contributed by atoms with E-state index in [0.717, 1.165) is 0 Å². The molecule has 0 bridgehead atoms. The molecule has 0 unspecified atom stereocenters. The summed E-state index contributed by atoms with van der Waals surface area (Å²) >= 11 is 0. The Labute approximate surface area is 39.3 Å². The van der Waals surface area contributed by atoms with Gasteiger partial charge in [0.25, 0.3) is 0 Å². The number of nitrogens with zero attached hydrogens (tertiary/aromatic N) is 1. The Morgan fingerprint density at radius 2 is 1.60 bits per heavy atom. The van der Waals surface area contributed by atoms with Gasteiger partial charge in [0.1, 0.15) is 0 Å². The molecule has 1 radical (unpaired) electrons. The first-order chi connectivity index (χ1) is 1.41. The van der Waals surface area contributed by atoms with Crippen LogP contribution in [0.1, 0.15) is 0 Å². The van der Waals surface area contributed by atoms with Gasteiger partial charge in [-0.2, -0.15) is 0 Å². The third-order valence-corrected chi connectivity index (χ3v) is 0. The van der Waals surface area contributed by atoms with E-state index >= 15 is 0 Å². The average Bonchev–Trinajstić information content (AvgIpc) is 0.918. The minimum atomic E-state index is 0. The van der Waals surface area contributed by atoms with Crippen LogP contribution in [0.2, 0.25) is 0 Å². The minimum Gasteiger partial charge on any atom is -0.379 e. The van der Waals surface area contributed by atoms with E-state index in [-0.39, 0.29) is 22.9 Å². The van der Waals surface area contributed by atoms with Crippen LogP contribution in [0.4, 0.5) is 0 Å². The summed E-state index contributed by atoms with van der Waals surface area (Å²) in [4.78, 5) is 8.11. The van der Waals surface area contributed by atoms with Crippen molar-refractivity contribution in [3.05, 3.63) is 4.91 Å². The average molecular weight is 123 g/mol. The number of hydrogen-bond acceptors (Lipinski definition) is 3. The third kappa shape index (κ3) is 756. The van der Waals surface area contributed by atoms with E-state index in [9.17, 15) is 0 Å². The Hall–Kier alpha value is -0.134. The predicted octanol–water partition coefficient (Wildman–Crippen LogP) is 0.301. The summed E-state index contributed by atoms with van der Waals surface area (Å²) in [6.45, 7) is 0. The summed E-state index contributed by atoms with van der Waals surface area (Å²) in [6, 6.07) is 0. The first kappa shape index (κ1) is 20.9. The summed E-state index contributed by atoms with van der Waals surface area (Å²) in [6.07, 6.45) is 0. The molecule has 0 aromatic rings. The quantitative estimate of drug-likeness (QED) is 0.358. The Kier molecular flexibility index (Phi) is 177. The van der Waals surface area contributed by atoms with Crippen molar-refractivity contribution in [2.24, 2.45) is 5.34 Å². The van der Waals surface area contributed by atoms with E-state index in [1.807, 2.05) is 0 Å². The van der Waals surface area contributed by atoms with E-state index in [2.05, 4.69) is 0 Å². The van der Waals surface area contributed by atoms with Gasteiger partial charge in [0, 0.05) is 16.8 Å². The van der Waals surface area contributed by atoms with Crippen LogP contribution in [-0.4, -0.2) is 5.21 Å². The Morgan fingerprint density at radius 1 is 1.60 bits per heavy atom. The van der Waals surface area contributed by atoms with Gasteiger partial charge in [0.2, 0.25) is 0 Å². The molecule has 4 nitrogen and oxygen atoms in total. The molecule has 0 amide bonds. The molecule has 0 atom stereocenters. The van der Waals surface area contributed by atoms with E-state index in [4.69, 9.17) is 10.1 Å².